The van der Waals surface area contributed by atoms with Crippen molar-refractivity contribution in [1.82, 2.24) is 10.1 Å². The van der Waals surface area contributed by atoms with Crippen molar-refractivity contribution in [3.05, 3.63) is 130 Å². The van der Waals surface area contributed by atoms with E-state index in [-0.39, 0.29) is 25.0 Å². The number of aryl methyl sites for hydroxylation is 2. The molecule has 0 unspecified atom stereocenters. The van der Waals surface area contributed by atoms with E-state index >= 15 is 0 Å². The number of thiophene rings is 1. The third-order valence-corrected chi connectivity index (χ3v) is 8.87. The van der Waals surface area contributed by atoms with Gasteiger partial charge in [0.1, 0.15) is 19.5 Å². The lowest BCUT2D eigenvalue weighted by Gasteiger charge is -2.22. The molecule has 5 aromatic rings. The molecule has 6 rings (SSSR count). The van der Waals surface area contributed by atoms with Crippen molar-refractivity contribution in [3.63, 3.8) is 0 Å². The number of amides is 2. The predicted octanol–water partition coefficient (Wildman–Crippen LogP) is 7.71. The summed E-state index contributed by atoms with van der Waals surface area (Å²) < 4.78 is 16.6. The third-order valence-electron chi connectivity index (χ3n) is 7.76. The molecule has 0 aliphatic carbocycles. The summed E-state index contributed by atoms with van der Waals surface area (Å²) in [5.41, 5.74) is 7.61. The molecule has 7 nitrogen and oxygen atoms in total. The van der Waals surface area contributed by atoms with Crippen molar-refractivity contribution in [3.8, 4) is 16.2 Å². The smallest absolute Gasteiger partial charge is 0.416 e. The number of carbonyl (C=O) groups excluding carboxylic acids is 2. The van der Waals surface area contributed by atoms with Gasteiger partial charge in [0.25, 0.3) is 0 Å². The predicted molar refractivity (Wildman–Crippen MR) is 165 cm³/mol. The molecule has 3 aromatic carbocycles. The van der Waals surface area contributed by atoms with Crippen LogP contribution in [0.5, 0.6) is 5.06 Å². The van der Waals surface area contributed by atoms with Crippen LogP contribution in [-0.2, 0) is 22.6 Å². The van der Waals surface area contributed by atoms with Crippen LogP contribution in [-0.4, -0.2) is 34.7 Å². The average Bonchev–Trinajstić information content (AvgIpc) is 3.78. The molecule has 1 saturated heterocycles. The minimum Gasteiger partial charge on any atom is -0.479 e. The largest absolute Gasteiger partial charge is 0.479 e. The summed E-state index contributed by atoms with van der Waals surface area (Å²) in [7, 11) is 0. The van der Waals surface area contributed by atoms with Gasteiger partial charge in [-0.1, -0.05) is 71.9 Å². The Morgan fingerprint density at radius 1 is 0.977 bits per heavy atom. The number of nitrogens with zero attached hydrogens (tertiary/aromatic N) is 2. The van der Waals surface area contributed by atoms with Gasteiger partial charge in [0.15, 0.2) is 5.06 Å². The zero-order valence-corrected chi connectivity index (χ0v) is 24.9. The van der Waals surface area contributed by atoms with E-state index in [1.165, 1.54) is 44.8 Å². The molecule has 1 aliphatic rings. The lowest BCUT2D eigenvalue weighted by Crippen LogP contribution is -2.40. The first kappa shape index (κ1) is 28.4. The normalized spacial score (nSPS) is 15.3. The summed E-state index contributed by atoms with van der Waals surface area (Å²) in [5, 5.41) is 4.87. The fraction of sp³-hybridized carbons (Fsp3) is 0.229. The van der Waals surface area contributed by atoms with Gasteiger partial charge < -0.3 is 14.0 Å². The number of ether oxygens (including phenoxy) is 2. The number of benzene rings is 3. The molecule has 43 heavy (non-hydrogen) atoms. The molecule has 0 spiro atoms. The van der Waals surface area contributed by atoms with Crippen molar-refractivity contribution in [2.45, 2.75) is 45.3 Å². The van der Waals surface area contributed by atoms with E-state index in [1.54, 1.807) is 6.07 Å². The number of hydrogen-bond donors (Lipinski definition) is 0. The second-order valence-corrected chi connectivity index (χ2v) is 11.9. The van der Waals surface area contributed by atoms with E-state index < -0.39 is 12.0 Å². The van der Waals surface area contributed by atoms with E-state index in [0.717, 1.165) is 21.1 Å². The summed E-state index contributed by atoms with van der Waals surface area (Å²) in [5.74, 6) is -0.706. The fourth-order valence-corrected chi connectivity index (χ4v) is 6.64. The van der Waals surface area contributed by atoms with Gasteiger partial charge in [-0.05, 0) is 71.8 Å². The molecule has 2 amide bonds. The van der Waals surface area contributed by atoms with E-state index in [1.807, 2.05) is 42.5 Å². The molecular weight excluding hydrogens is 560 g/mol. The number of imide groups is 1. The Morgan fingerprint density at radius 3 is 2.51 bits per heavy atom. The molecule has 1 aliphatic heterocycles. The number of hydrogen-bond acceptors (Lipinski definition) is 7. The minimum atomic E-state index is -0.608. The molecule has 0 radical (unpaired) electrons. The summed E-state index contributed by atoms with van der Waals surface area (Å²) in [6, 6.07) is 29.8. The van der Waals surface area contributed by atoms with Gasteiger partial charge in [0, 0.05) is 23.3 Å². The molecule has 0 saturated carbocycles. The molecule has 0 N–H and O–H groups in total. The van der Waals surface area contributed by atoms with E-state index in [4.69, 9.17) is 14.0 Å². The Morgan fingerprint density at radius 2 is 1.74 bits per heavy atom. The lowest BCUT2D eigenvalue weighted by atomic mass is 9.95. The topological polar surface area (TPSA) is 81.9 Å². The first-order valence-corrected chi connectivity index (χ1v) is 15.1. The quantitative estimate of drug-likeness (QED) is 0.165. The summed E-state index contributed by atoms with van der Waals surface area (Å²) in [4.78, 5) is 28.4. The van der Waals surface area contributed by atoms with Crippen LogP contribution < -0.4 is 4.74 Å². The van der Waals surface area contributed by atoms with Crippen LogP contribution >= 0.6 is 11.3 Å². The highest BCUT2D eigenvalue weighted by atomic mass is 32.1. The Bertz CT molecular complexity index is 1690. The van der Waals surface area contributed by atoms with Crippen molar-refractivity contribution in [1.29, 1.82) is 0 Å². The summed E-state index contributed by atoms with van der Waals surface area (Å²) >= 11 is 1.46. The number of aromatic nitrogens is 1. The number of carbonyl (C=O) groups is 2. The molecule has 8 heteroatoms. The highest BCUT2D eigenvalue weighted by molar-refractivity contribution is 7.13. The lowest BCUT2D eigenvalue weighted by molar-refractivity contribution is -0.129. The monoisotopic (exact) mass is 592 g/mol. The highest BCUT2D eigenvalue weighted by Crippen LogP contribution is 2.37. The van der Waals surface area contributed by atoms with Crippen LogP contribution in [0.1, 0.15) is 45.2 Å². The van der Waals surface area contributed by atoms with Gasteiger partial charge in [-0.3, -0.25) is 4.79 Å². The van der Waals surface area contributed by atoms with Crippen LogP contribution in [0.4, 0.5) is 4.79 Å². The molecular formula is C35H32N2O5S. The second-order valence-electron chi connectivity index (χ2n) is 10.8. The maximum absolute atomic E-state index is 13.6. The van der Waals surface area contributed by atoms with Gasteiger partial charge in [-0.2, -0.15) is 0 Å². The molecule has 1 fully saturated rings. The van der Waals surface area contributed by atoms with Crippen LogP contribution in [0.25, 0.3) is 11.1 Å². The first-order valence-electron chi connectivity index (χ1n) is 14.3. The van der Waals surface area contributed by atoms with Gasteiger partial charge in [-0.25, -0.2) is 9.69 Å². The van der Waals surface area contributed by atoms with Crippen LogP contribution in [0.15, 0.2) is 102 Å². The Labute approximate surface area is 254 Å². The molecule has 3 heterocycles. The number of cyclic esters (lactones) is 1. The van der Waals surface area contributed by atoms with E-state index in [0.29, 0.717) is 18.7 Å². The van der Waals surface area contributed by atoms with Crippen LogP contribution in [0.2, 0.25) is 0 Å². The fourth-order valence-electron chi connectivity index (χ4n) is 5.67. The van der Waals surface area contributed by atoms with Crippen molar-refractivity contribution >= 4 is 23.3 Å². The molecule has 0 bridgehead atoms. The molecule has 218 valence electrons. The summed E-state index contributed by atoms with van der Waals surface area (Å²) in [6.45, 7) is 4.85. The first-order chi connectivity index (χ1) is 21.0. The Balaban J connectivity index is 1.16. The van der Waals surface area contributed by atoms with Crippen molar-refractivity contribution < 1.29 is 23.6 Å². The summed E-state index contributed by atoms with van der Waals surface area (Å²) in [6.07, 6.45) is 1.46. The zero-order chi connectivity index (χ0) is 29.8. The minimum absolute atomic E-state index is 0.0463. The Kier molecular flexibility index (Phi) is 8.38. The Hall–Kier alpha value is -4.69. The van der Waals surface area contributed by atoms with E-state index in [9.17, 15) is 9.59 Å². The average molecular weight is 593 g/mol. The van der Waals surface area contributed by atoms with Crippen LogP contribution in [0, 0.1) is 13.8 Å². The second kappa shape index (κ2) is 12.7. The van der Waals surface area contributed by atoms with E-state index in [2.05, 4.69) is 61.5 Å². The number of rotatable bonds is 10. The van der Waals surface area contributed by atoms with Crippen LogP contribution in [0.3, 0.4) is 0 Å². The van der Waals surface area contributed by atoms with Gasteiger partial charge in [-0.15, -0.1) is 11.3 Å². The van der Waals surface area contributed by atoms with Crippen molar-refractivity contribution in [2.24, 2.45) is 0 Å². The zero-order valence-electron chi connectivity index (χ0n) is 24.1. The maximum atomic E-state index is 13.6. The van der Waals surface area contributed by atoms with Crippen molar-refractivity contribution in [2.75, 3.05) is 6.61 Å². The van der Waals surface area contributed by atoms with Gasteiger partial charge in [0.05, 0.1) is 11.7 Å². The molecule has 2 atom stereocenters. The van der Waals surface area contributed by atoms with Gasteiger partial charge >= 0.3 is 6.09 Å². The SMILES string of the molecule is Cc1cccc(C)c1-c1cccc(COc2ccc([C@H](CC(=O)N3C(=O)OC[C@@H]3Cc3ccccc3)c3ccon3)s2)c1. The molecule has 2 aromatic heterocycles. The highest BCUT2D eigenvalue weighted by Gasteiger charge is 2.39. The van der Waals surface area contributed by atoms with Gasteiger partial charge in [0.2, 0.25) is 5.91 Å². The maximum Gasteiger partial charge on any atom is 0.416 e. The third kappa shape index (κ3) is 6.39. The standard InChI is InChI=1S/C35H32N2O5S/c1-23-8-6-9-24(2)34(23)27-13-7-12-26(18-27)21-40-33-15-14-31(43-33)29(30-16-17-42-36-30)20-32(38)37-28(22-41-35(37)39)19-25-10-4-3-5-11-25/h3-18,28-29H,19-22H2,1-2H3/t28-,29+/m0/s1.